The molecule has 2 aromatic rings. The smallest absolute Gasteiger partial charge is 0.333 e. The lowest BCUT2D eigenvalue weighted by molar-refractivity contribution is -0.485. The number of carboxylic acids is 2. The van der Waals surface area contributed by atoms with Crippen LogP contribution < -0.4 is 31.1 Å². The predicted molar refractivity (Wildman–Crippen MR) is 176 cm³/mol. The number of carbonyl (C=O) groups excluding carboxylic acids is 1. The molecule has 23 heteroatoms. The summed E-state index contributed by atoms with van der Waals surface area (Å²) >= 11 is 0. The van der Waals surface area contributed by atoms with E-state index in [9.17, 15) is 54.8 Å². The van der Waals surface area contributed by atoms with E-state index in [0.717, 1.165) is 5.69 Å². The zero-order chi connectivity index (χ0) is 39.6. The number of nitrogen functional groups attached to an aromatic ring is 1. The average molecular weight is 785 g/mol. The van der Waals surface area contributed by atoms with Crippen molar-refractivity contribution in [3.05, 3.63) is 29.8 Å². The van der Waals surface area contributed by atoms with E-state index in [1.54, 1.807) is 30.6 Å². The number of aliphatic carboxylic acids is 2. The van der Waals surface area contributed by atoms with Gasteiger partial charge in [0.05, 0.1) is 25.4 Å². The fraction of sp³-hybridized carbons (Fsp3) is 0.581. The first-order valence-corrected chi connectivity index (χ1v) is 18.2. The third-order valence-electron chi connectivity index (χ3n) is 9.26. The van der Waals surface area contributed by atoms with E-state index in [2.05, 4.69) is 24.3 Å². The molecule has 1 saturated heterocycles. The highest BCUT2D eigenvalue weighted by Crippen LogP contribution is 2.42. The van der Waals surface area contributed by atoms with Gasteiger partial charge >= 0.3 is 5.97 Å². The van der Waals surface area contributed by atoms with Crippen molar-refractivity contribution in [2.45, 2.75) is 100 Å². The van der Waals surface area contributed by atoms with Gasteiger partial charge in [-0.3, -0.25) is 4.57 Å². The second-order valence-electron chi connectivity index (χ2n) is 13.1. The highest BCUT2D eigenvalue weighted by molar-refractivity contribution is 7.45. The second-order valence-corrected chi connectivity index (χ2v) is 14.5. The van der Waals surface area contributed by atoms with Gasteiger partial charge < -0.3 is 80.1 Å². The molecule has 1 aromatic carbocycles. The van der Waals surface area contributed by atoms with Crippen LogP contribution in [-0.4, -0.2) is 144 Å². The molecule has 1 unspecified atom stereocenters. The first kappa shape index (κ1) is 41.1. The summed E-state index contributed by atoms with van der Waals surface area (Å²) in [6.07, 6.45) is -13.7. The molecule has 3 aliphatic heterocycles. The maximum absolute atomic E-state index is 12.7. The van der Waals surface area contributed by atoms with E-state index in [4.69, 9.17) is 20.3 Å². The SMILES string of the molecule is C[C@@H]1Nc2nc(N)nc([O-])c2[N+]2=CN(c3ccc(C[C@H](O)[C@H](O)[C@H](O)CO[C@H]4O[C@H](COP(=O)([O-])O[C@H](CCC(=O)[O-])C(=O)O)[C@@H](O)[C@H]4O)cc3)[C@H](C)[C@@H]12. The number of ether oxygens (including phenoxy) is 2. The molecule has 1 aromatic heterocycles. The number of fused-ring (bicyclic) bond motifs is 3. The highest BCUT2D eigenvalue weighted by atomic mass is 31.2. The number of aliphatic hydroxyl groups excluding tert-OH is 5. The Labute approximate surface area is 307 Å². The van der Waals surface area contributed by atoms with E-state index < -0.39 is 101 Å². The van der Waals surface area contributed by atoms with E-state index in [1.807, 2.05) is 23.3 Å². The number of rotatable bonds is 17. The first-order valence-electron chi connectivity index (χ1n) is 16.7. The van der Waals surface area contributed by atoms with Gasteiger partial charge in [0.1, 0.15) is 42.2 Å². The number of hydrogen-bond donors (Lipinski definition) is 8. The van der Waals surface area contributed by atoms with Crippen molar-refractivity contribution in [1.29, 1.82) is 0 Å². The Hall–Kier alpha value is -4.06. The summed E-state index contributed by atoms with van der Waals surface area (Å²) in [5.74, 6) is -3.71. The number of phosphoric acid groups is 1. The molecule has 5 rings (SSSR count). The molecule has 0 aliphatic carbocycles. The summed E-state index contributed by atoms with van der Waals surface area (Å²) in [4.78, 5) is 43.8. The molecular weight excluding hydrogens is 743 g/mol. The predicted octanol–water partition coefficient (Wildman–Crippen LogP) is -4.53. The van der Waals surface area contributed by atoms with Crippen LogP contribution in [0.3, 0.4) is 0 Å². The van der Waals surface area contributed by atoms with Gasteiger partial charge in [-0.05, 0) is 44.4 Å². The van der Waals surface area contributed by atoms with Crippen molar-refractivity contribution >= 4 is 49.2 Å². The molecule has 9 N–H and O–H groups in total. The lowest BCUT2D eigenvalue weighted by atomic mass is 9.98. The van der Waals surface area contributed by atoms with Gasteiger partial charge in [-0.1, -0.05) is 12.1 Å². The molecule has 0 amide bonds. The zero-order valence-electron chi connectivity index (χ0n) is 28.9. The zero-order valence-corrected chi connectivity index (χ0v) is 29.7. The van der Waals surface area contributed by atoms with Crippen LogP contribution in [0.1, 0.15) is 32.3 Å². The fourth-order valence-corrected chi connectivity index (χ4v) is 7.39. The molecule has 54 heavy (non-hydrogen) atoms. The minimum Gasteiger partial charge on any atom is -0.855 e. The van der Waals surface area contributed by atoms with Gasteiger partial charge in [-0.15, -0.1) is 0 Å². The highest BCUT2D eigenvalue weighted by Gasteiger charge is 2.48. The molecule has 4 heterocycles. The molecule has 1 fully saturated rings. The quantitative estimate of drug-likeness (QED) is 0.0553. The van der Waals surface area contributed by atoms with Crippen LogP contribution in [0.15, 0.2) is 24.3 Å². The van der Waals surface area contributed by atoms with E-state index >= 15 is 0 Å². The molecule has 0 saturated carbocycles. The van der Waals surface area contributed by atoms with Crippen molar-refractivity contribution in [2.24, 2.45) is 0 Å². The largest absolute Gasteiger partial charge is 0.855 e. The Bertz CT molecular complexity index is 1750. The van der Waals surface area contributed by atoms with Crippen molar-refractivity contribution in [1.82, 2.24) is 9.97 Å². The van der Waals surface area contributed by atoms with E-state index in [1.165, 1.54) is 0 Å². The van der Waals surface area contributed by atoms with Crippen molar-refractivity contribution in [3.8, 4) is 5.88 Å². The second kappa shape index (κ2) is 16.8. The normalized spacial score (nSPS) is 28.2. The Morgan fingerprint density at radius 3 is 2.46 bits per heavy atom. The summed E-state index contributed by atoms with van der Waals surface area (Å²) in [5, 5.41) is 88.0. The number of nitrogens with two attached hydrogens (primary N) is 1. The summed E-state index contributed by atoms with van der Waals surface area (Å²) in [6, 6.07) is 6.70. The number of nitrogens with one attached hydrogen (secondary N) is 1. The molecule has 22 nitrogen and oxygen atoms in total. The Morgan fingerprint density at radius 1 is 1.13 bits per heavy atom. The third kappa shape index (κ3) is 9.24. The van der Waals surface area contributed by atoms with Crippen LogP contribution in [0.25, 0.3) is 0 Å². The number of hydrogen-bond acceptors (Lipinski definition) is 20. The fourth-order valence-electron chi connectivity index (χ4n) is 6.49. The summed E-state index contributed by atoms with van der Waals surface area (Å²) < 4.78 is 33.4. The monoisotopic (exact) mass is 784 g/mol. The van der Waals surface area contributed by atoms with Crippen LogP contribution in [0.2, 0.25) is 0 Å². The Morgan fingerprint density at radius 2 is 1.81 bits per heavy atom. The van der Waals surface area contributed by atoms with Gasteiger partial charge in [0.2, 0.25) is 12.3 Å². The molecule has 298 valence electrons. The van der Waals surface area contributed by atoms with Gasteiger partial charge in [-0.25, -0.2) is 19.3 Å². The number of benzene rings is 1. The van der Waals surface area contributed by atoms with Gasteiger partial charge in [-0.2, -0.15) is 4.98 Å². The number of nitrogens with zero attached hydrogens (tertiary/aromatic N) is 4. The lowest BCUT2D eigenvalue weighted by Crippen LogP contribution is -2.48. The lowest BCUT2D eigenvalue weighted by Gasteiger charge is -2.32. The standard InChI is InChI=1S/C31H43N6O16P/c1-13-22-14(2)36(12-37(22)23-27(33-13)34-31(32)35-28(23)45)16-5-3-15(4-6-16)9-17(38)24(42)18(39)10-50-30-26(44)25(43)20(52-30)11-51-54(48,49)53-19(29(46)47)7-8-21(40)41/h3-6,12-14,17-20,22,24-26,30,38-39,42-44H,7-11H2,1-2H3,(H6-,32,33,34,35,40,41,45,46,47,48,49)/p-2/t13-,14+,17-,18+,19+,20+,22+,24-,25+,26+,30-/m0/s1. The van der Waals surface area contributed by atoms with Crippen molar-refractivity contribution in [2.75, 3.05) is 29.2 Å². The summed E-state index contributed by atoms with van der Waals surface area (Å²) in [5.41, 5.74) is 7.33. The molecule has 0 radical (unpaired) electrons. The van der Waals surface area contributed by atoms with E-state index in [0.29, 0.717) is 11.4 Å². The number of aromatic nitrogens is 2. The van der Waals surface area contributed by atoms with Gasteiger partial charge in [0, 0.05) is 18.3 Å². The van der Waals surface area contributed by atoms with Crippen LogP contribution in [-0.2, 0) is 39.1 Å². The first-order chi connectivity index (χ1) is 25.4. The summed E-state index contributed by atoms with van der Waals surface area (Å²) in [6.45, 7) is 2.28. The van der Waals surface area contributed by atoms with Crippen molar-refractivity contribution in [3.63, 3.8) is 0 Å². The van der Waals surface area contributed by atoms with Crippen LogP contribution in [0.5, 0.6) is 5.88 Å². The average Bonchev–Trinajstić information content (AvgIpc) is 3.58. The van der Waals surface area contributed by atoms with Crippen molar-refractivity contribution < 1.29 is 83.0 Å². The molecular formula is C31H41N6O16P-2. The van der Waals surface area contributed by atoms with Crippen LogP contribution in [0, 0.1) is 0 Å². The number of anilines is 3. The third-order valence-corrected chi connectivity index (χ3v) is 10.2. The maximum Gasteiger partial charge on any atom is 0.333 e. The topological polar surface area (TPSA) is 349 Å². The number of carboxylic acid groups (broad SMARTS) is 2. The Kier molecular flexibility index (Phi) is 12.8. The number of phosphoric ester groups is 1. The molecule has 0 spiro atoms. The van der Waals surface area contributed by atoms with Gasteiger partial charge in [0.25, 0.3) is 7.82 Å². The summed E-state index contributed by atoms with van der Waals surface area (Å²) in [7, 11) is -5.38. The molecule has 0 bridgehead atoms. The van der Waals surface area contributed by atoms with Crippen LogP contribution >= 0.6 is 7.82 Å². The number of carbonyl (C=O) groups is 2. The minimum atomic E-state index is -5.38. The maximum atomic E-state index is 12.7. The molecule has 12 atom stereocenters. The number of aliphatic hydroxyl groups is 5. The minimum absolute atomic E-state index is 0.0902. The molecule has 3 aliphatic rings. The Balaban J connectivity index is 1.11. The van der Waals surface area contributed by atoms with E-state index in [-0.39, 0.29) is 36.2 Å². The van der Waals surface area contributed by atoms with Gasteiger partial charge in [0.15, 0.2) is 29.9 Å². The van der Waals surface area contributed by atoms with Crippen LogP contribution in [0.4, 0.5) is 23.1 Å².